The van der Waals surface area contributed by atoms with Crippen LogP contribution in [0.15, 0.2) is 48.5 Å². The second-order valence-corrected chi connectivity index (χ2v) is 12.4. The first-order valence-electron chi connectivity index (χ1n) is 14.1. The minimum absolute atomic E-state index is 0.0294. The quantitative estimate of drug-likeness (QED) is 0.206. The molecule has 0 radical (unpaired) electrons. The van der Waals surface area contributed by atoms with Crippen molar-refractivity contribution < 1.29 is 22.8 Å². The third kappa shape index (κ3) is 6.57. The van der Waals surface area contributed by atoms with Gasteiger partial charge in [-0.05, 0) is 87.4 Å². The fourth-order valence-electron chi connectivity index (χ4n) is 6.41. The van der Waals surface area contributed by atoms with Gasteiger partial charge in [0.15, 0.2) is 10.7 Å². The molecule has 10 heteroatoms. The molecule has 2 saturated heterocycles. The molecule has 2 fully saturated rings. The number of thiol groups is 1. The number of benzene rings is 2. The van der Waals surface area contributed by atoms with E-state index in [1.807, 2.05) is 17.0 Å². The fourth-order valence-corrected chi connectivity index (χ4v) is 7.02. The lowest BCUT2D eigenvalue weighted by Gasteiger charge is -2.41. The Morgan fingerprint density at radius 1 is 1.02 bits per heavy atom. The predicted octanol–water partition coefficient (Wildman–Crippen LogP) is 3.74. The van der Waals surface area contributed by atoms with Crippen LogP contribution in [-0.2, 0) is 23.7 Å². The summed E-state index contributed by atoms with van der Waals surface area (Å²) in [5, 5.41) is 10.1. The number of aromatic nitrogens is 1. The number of alkyl halides is 1. The summed E-state index contributed by atoms with van der Waals surface area (Å²) in [7, 11) is -2.46. The molecular formula is C30H39FN4O4S. The number of para-hydroxylation sites is 1. The van der Waals surface area contributed by atoms with Crippen LogP contribution in [-0.4, -0.2) is 78.2 Å². The molecule has 40 heavy (non-hydrogen) atoms. The Hall–Kier alpha value is -2.79. The molecule has 1 amide bonds. The highest BCUT2D eigenvalue weighted by molar-refractivity contribution is 7.72. The number of hydrogen-bond donors (Lipinski definition) is 3. The van der Waals surface area contributed by atoms with Crippen LogP contribution in [0.2, 0.25) is 0 Å². The van der Waals surface area contributed by atoms with E-state index in [-0.39, 0.29) is 5.88 Å². The van der Waals surface area contributed by atoms with E-state index >= 15 is 4.39 Å². The molecule has 0 atom stereocenters. The first kappa shape index (κ1) is 28.7. The summed E-state index contributed by atoms with van der Waals surface area (Å²) in [4.78, 5) is 15.8. The van der Waals surface area contributed by atoms with E-state index in [2.05, 4.69) is 40.7 Å². The van der Waals surface area contributed by atoms with Gasteiger partial charge in [0.1, 0.15) is 5.67 Å². The van der Waals surface area contributed by atoms with Gasteiger partial charge in [0.05, 0.1) is 5.88 Å². The largest absolute Gasteiger partial charge is 0.344 e. The summed E-state index contributed by atoms with van der Waals surface area (Å²) in [5.41, 5.74) is 5.70. The molecule has 8 nitrogen and oxygen atoms in total. The summed E-state index contributed by atoms with van der Waals surface area (Å²) in [5.74, 6) is 0.0230. The number of likely N-dealkylation sites (tertiary alicyclic amines) is 2. The zero-order valence-corrected chi connectivity index (χ0v) is 23.9. The van der Waals surface area contributed by atoms with Gasteiger partial charge in [-0.15, -0.1) is 0 Å². The summed E-state index contributed by atoms with van der Waals surface area (Å²) < 4.78 is 40.0. The minimum atomic E-state index is -2.46. The van der Waals surface area contributed by atoms with Crippen molar-refractivity contribution in [3.63, 3.8) is 0 Å². The monoisotopic (exact) mass is 570 g/mol. The number of nitrogens with one attached hydrogen (secondary N) is 1. The molecule has 216 valence electrons. The molecule has 0 saturated carbocycles. The standard InChI is InChI=1S/C30H39FN4O4S/c1-22-27(18-23-6-8-25(9-7-23)29(36)32-37)26-4-2-3-5-28(26)35(22)19-24-10-14-33(15-11-24)20-30(31)12-16-34(17-13-30)21-40(38)39/h2-9,24,37,40H,10-21H2,1H3,(H,32,36). The van der Waals surface area contributed by atoms with E-state index in [0.717, 1.165) is 44.5 Å². The van der Waals surface area contributed by atoms with E-state index in [9.17, 15) is 13.2 Å². The van der Waals surface area contributed by atoms with Crippen LogP contribution in [0.25, 0.3) is 10.9 Å². The van der Waals surface area contributed by atoms with Gasteiger partial charge >= 0.3 is 0 Å². The molecular weight excluding hydrogens is 531 g/mol. The third-order valence-electron chi connectivity index (χ3n) is 8.78. The van der Waals surface area contributed by atoms with Gasteiger partial charge in [-0.2, -0.15) is 0 Å². The molecule has 2 aliphatic rings. The summed E-state index contributed by atoms with van der Waals surface area (Å²) in [6.45, 7) is 6.31. The number of fused-ring (bicyclic) bond motifs is 1. The van der Waals surface area contributed by atoms with Gasteiger partial charge in [0.2, 0.25) is 0 Å². The SMILES string of the molecule is Cc1c(Cc2ccc(C(=O)NO)cc2)c2ccccc2n1CC1CCN(CC2(F)CCN(C[SH](=O)=O)CC2)CC1. The maximum atomic E-state index is 15.5. The number of hydroxylamine groups is 1. The Balaban J connectivity index is 1.21. The van der Waals surface area contributed by atoms with Crippen molar-refractivity contribution in [1.82, 2.24) is 19.8 Å². The fraction of sp³-hybridized carbons (Fsp3) is 0.500. The molecule has 2 N–H and O–H groups in total. The van der Waals surface area contributed by atoms with Crippen LogP contribution in [0.3, 0.4) is 0 Å². The zero-order chi connectivity index (χ0) is 28.3. The van der Waals surface area contributed by atoms with E-state index in [4.69, 9.17) is 5.21 Å². The number of rotatable bonds is 9. The summed E-state index contributed by atoms with van der Waals surface area (Å²) >= 11 is 0. The zero-order valence-electron chi connectivity index (χ0n) is 23.0. The molecule has 2 aliphatic heterocycles. The average molecular weight is 571 g/mol. The number of carbonyl (C=O) groups excluding carboxylic acids is 1. The van der Waals surface area contributed by atoms with Crippen molar-refractivity contribution in [3.8, 4) is 0 Å². The Bertz CT molecular complexity index is 1400. The molecule has 3 heterocycles. The molecule has 0 spiro atoms. The minimum Gasteiger partial charge on any atom is -0.344 e. The molecule has 0 unspecified atom stereocenters. The van der Waals surface area contributed by atoms with Gasteiger partial charge in [0.25, 0.3) is 5.91 Å². The highest BCUT2D eigenvalue weighted by Crippen LogP contribution is 2.32. The van der Waals surface area contributed by atoms with Crippen molar-refractivity contribution in [2.45, 2.75) is 51.2 Å². The smallest absolute Gasteiger partial charge is 0.274 e. The topological polar surface area (TPSA) is 94.9 Å². The number of piperidine rings is 2. The summed E-state index contributed by atoms with van der Waals surface area (Å²) in [6, 6.07) is 15.8. The van der Waals surface area contributed by atoms with Crippen molar-refractivity contribution in [2.75, 3.05) is 38.6 Å². The van der Waals surface area contributed by atoms with Crippen molar-refractivity contribution in [3.05, 3.63) is 70.9 Å². The highest BCUT2D eigenvalue weighted by atomic mass is 32.2. The Labute approximate surface area is 236 Å². The number of nitrogens with zero attached hydrogens (tertiary/aromatic N) is 3. The molecule has 3 aromatic rings. The second-order valence-electron chi connectivity index (χ2n) is 11.5. The van der Waals surface area contributed by atoms with Crippen LogP contribution < -0.4 is 5.48 Å². The molecule has 0 bridgehead atoms. The molecule has 0 aliphatic carbocycles. The van der Waals surface area contributed by atoms with E-state index in [0.29, 0.717) is 44.0 Å². The van der Waals surface area contributed by atoms with Gasteiger partial charge in [0, 0.05) is 48.3 Å². The average Bonchev–Trinajstić information content (AvgIpc) is 3.21. The van der Waals surface area contributed by atoms with Crippen LogP contribution in [0.4, 0.5) is 4.39 Å². The maximum absolute atomic E-state index is 15.5. The van der Waals surface area contributed by atoms with Crippen LogP contribution in [0.5, 0.6) is 0 Å². The molecule has 2 aromatic carbocycles. The van der Waals surface area contributed by atoms with Crippen LogP contribution >= 0.6 is 0 Å². The van der Waals surface area contributed by atoms with Gasteiger partial charge < -0.3 is 9.47 Å². The Kier molecular flexibility index (Phi) is 8.89. The van der Waals surface area contributed by atoms with E-state index < -0.39 is 22.3 Å². The lowest BCUT2D eigenvalue weighted by atomic mass is 9.90. The first-order valence-corrected chi connectivity index (χ1v) is 15.5. The van der Waals surface area contributed by atoms with Gasteiger partial charge in [-0.25, -0.2) is 18.3 Å². The lowest BCUT2D eigenvalue weighted by molar-refractivity contribution is 0.0185. The lowest BCUT2D eigenvalue weighted by Crippen LogP contribution is -2.50. The highest BCUT2D eigenvalue weighted by Gasteiger charge is 2.37. The maximum Gasteiger partial charge on any atom is 0.274 e. The van der Waals surface area contributed by atoms with E-state index in [1.165, 1.54) is 22.2 Å². The second kappa shape index (κ2) is 12.4. The van der Waals surface area contributed by atoms with Crippen LogP contribution in [0.1, 0.15) is 52.9 Å². The van der Waals surface area contributed by atoms with Crippen molar-refractivity contribution in [1.29, 1.82) is 0 Å². The van der Waals surface area contributed by atoms with Gasteiger partial charge in [-0.3, -0.25) is 14.9 Å². The number of halogens is 1. The molecule has 1 aromatic heterocycles. The first-order chi connectivity index (χ1) is 19.2. The van der Waals surface area contributed by atoms with Crippen molar-refractivity contribution in [2.24, 2.45) is 5.92 Å². The summed E-state index contributed by atoms with van der Waals surface area (Å²) in [6.07, 6.45) is 3.58. The Morgan fingerprint density at radius 3 is 2.35 bits per heavy atom. The predicted molar refractivity (Wildman–Crippen MR) is 154 cm³/mol. The van der Waals surface area contributed by atoms with E-state index in [1.54, 1.807) is 17.6 Å². The molecule has 5 rings (SSSR count). The van der Waals surface area contributed by atoms with Crippen molar-refractivity contribution >= 4 is 27.5 Å². The van der Waals surface area contributed by atoms with Crippen LogP contribution in [0, 0.1) is 12.8 Å². The Morgan fingerprint density at radius 2 is 1.70 bits per heavy atom. The normalized spacial score (nSPS) is 18.9. The number of carbonyl (C=O) groups is 1. The van der Waals surface area contributed by atoms with Gasteiger partial charge in [-0.1, -0.05) is 30.3 Å². The third-order valence-corrected chi connectivity index (χ3v) is 9.41. The number of hydrogen-bond acceptors (Lipinski definition) is 6. The number of amides is 1.